The fourth-order valence-corrected chi connectivity index (χ4v) is 4.73. The first-order chi connectivity index (χ1) is 16.5. The highest BCUT2D eigenvalue weighted by molar-refractivity contribution is 7.90. The van der Waals surface area contributed by atoms with Crippen LogP contribution < -0.4 is 10.9 Å². The van der Waals surface area contributed by atoms with Gasteiger partial charge in [0.2, 0.25) is 0 Å². The molecule has 1 amide bonds. The molecule has 0 saturated heterocycles. The van der Waals surface area contributed by atoms with E-state index in [4.69, 9.17) is 0 Å². The molecular formula is C22H19F3N2O7S2. The van der Waals surface area contributed by atoms with Crippen LogP contribution in [-0.2, 0) is 32.7 Å². The number of hydrogen-bond acceptors (Lipinski definition) is 6. The minimum atomic E-state index is -4.98. The summed E-state index contributed by atoms with van der Waals surface area (Å²) in [5.74, 6) is -1.07. The van der Waals surface area contributed by atoms with E-state index in [-0.39, 0.29) is 17.1 Å². The number of aromatic nitrogens is 1. The molecule has 1 aromatic heterocycles. The molecule has 0 aliphatic heterocycles. The zero-order chi connectivity index (χ0) is 27.1. The van der Waals surface area contributed by atoms with Gasteiger partial charge in [0.25, 0.3) is 21.6 Å². The van der Waals surface area contributed by atoms with Crippen LogP contribution in [0, 0.1) is 6.92 Å². The van der Waals surface area contributed by atoms with Crippen LogP contribution in [0.3, 0.4) is 0 Å². The van der Waals surface area contributed by atoms with Gasteiger partial charge in [-0.1, -0.05) is 18.2 Å². The zero-order valence-corrected chi connectivity index (χ0v) is 20.3. The molecule has 2 aromatic carbocycles. The number of alkyl halides is 3. The quantitative estimate of drug-likeness (QED) is 0.455. The number of sulfone groups is 1. The summed E-state index contributed by atoms with van der Waals surface area (Å²) in [6.45, 7) is 0.900. The van der Waals surface area contributed by atoms with Crippen molar-refractivity contribution in [2.24, 2.45) is 0 Å². The Morgan fingerprint density at radius 1 is 1.03 bits per heavy atom. The summed E-state index contributed by atoms with van der Waals surface area (Å²) in [5.41, 5.74) is -3.33. The third-order valence-corrected chi connectivity index (χ3v) is 7.26. The van der Waals surface area contributed by atoms with E-state index in [0.29, 0.717) is 22.3 Å². The van der Waals surface area contributed by atoms with Gasteiger partial charge in [0, 0.05) is 24.2 Å². The molecule has 0 atom stereocenters. The average Bonchev–Trinajstić information content (AvgIpc) is 2.76. The van der Waals surface area contributed by atoms with Crippen molar-refractivity contribution in [2.75, 3.05) is 6.26 Å². The Balaban J connectivity index is 2.07. The van der Waals surface area contributed by atoms with Gasteiger partial charge in [-0.05, 0) is 48.9 Å². The topological polar surface area (TPSA) is 140 Å². The molecule has 0 aliphatic rings. The van der Waals surface area contributed by atoms with Crippen molar-refractivity contribution in [3.05, 3.63) is 87.3 Å². The molecule has 0 radical (unpaired) electrons. The van der Waals surface area contributed by atoms with Gasteiger partial charge in [-0.2, -0.15) is 21.6 Å². The number of benzene rings is 2. The first kappa shape index (κ1) is 27.1. The first-order valence-corrected chi connectivity index (χ1v) is 13.3. The van der Waals surface area contributed by atoms with Crippen LogP contribution in [0.15, 0.2) is 69.2 Å². The highest BCUT2D eigenvalue weighted by atomic mass is 32.2. The van der Waals surface area contributed by atoms with Crippen molar-refractivity contribution < 1.29 is 39.4 Å². The van der Waals surface area contributed by atoms with Crippen LogP contribution in [-0.4, -0.2) is 38.1 Å². The van der Waals surface area contributed by atoms with Crippen molar-refractivity contribution in [1.82, 2.24) is 9.88 Å². The van der Waals surface area contributed by atoms with E-state index in [9.17, 15) is 44.1 Å². The zero-order valence-electron chi connectivity index (χ0n) is 18.7. The summed E-state index contributed by atoms with van der Waals surface area (Å²) in [7, 11) is -8.43. The van der Waals surface area contributed by atoms with Gasteiger partial charge in [-0.3, -0.25) is 18.7 Å². The molecule has 3 aromatic rings. The summed E-state index contributed by atoms with van der Waals surface area (Å²) in [5, 5.41) is 2.37. The van der Waals surface area contributed by atoms with Crippen molar-refractivity contribution in [1.29, 1.82) is 0 Å². The minimum absolute atomic E-state index is 0.0397. The van der Waals surface area contributed by atoms with Gasteiger partial charge < -0.3 is 5.32 Å². The van der Waals surface area contributed by atoms with E-state index in [0.717, 1.165) is 31.4 Å². The lowest BCUT2D eigenvalue weighted by Gasteiger charge is -2.16. The normalized spacial score (nSPS) is 12.4. The molecule has 0 spiro atoms. The maximum atomic E-state index is 13.2. The molecule has 2 N–H and O–H groups in total. The number of pyridine rings is 1. The second-order valence-corrected chi connectivity index (χ2v) is 11.2. The first-order valence-electron chi connectivity index (χ1n) is 9.99. The van der Waals surface area contributed by atoms with Gasteiger partial charge in [0.1, 0.15) is 10.5 Å². The Hall–Kier alpha value is -3.49. The van der Waals surface area contributed by atoms with Crippen LogP contribution in [0.5, 0.6) is 0 Å². The third-order valence-electron chi connectivity index (χ3n) is 5.16. The number of hydrogen-bond donors (Lipinski definition) is 2. The molecule has 3 rings (SSSR count). The van der Waals surface area contributed by atoms with Crippen LogP contribution in [0.2, 0.25) is 0 Å². The molecule has 192 valence electrons. The molecule has 9 nitrogen and oxygen atoms in total. The maximum absolute atomic E-state index is 13.2. The summed E-state index contributed by atoms with van der Waals surface area (Å²) in [6, 6.07) is 9.55. The number of carbonyl (C=O) groups is 1. The lowest BCUT2D eigenvalue weighted by Crippen LogP contribution is -2.34. The lowest BCUT2D eigenvalue weighted by molar-refractivity contribution is -0.137. The number of nitrogens with one attached hydrogen (secondary N) is 1. The molecule has 0 fully saturated rings. The van der Waals surface area contributed by atoms with Gasteiger partial charge in [-0.15, -0.1) is 0 Å². The number of amides is 1. The minimum Gasteiger partial charge on any atom is -0.348 e. The summed E-state index contributed by atoms with van der Waals surface area (Å²) in [6.07, 6.45) is -3.75. The number of nitrogens with zero attached hydrogens (tertiary/aromatic N) is 1. The molecule has 0 unspecified atom stereocenters. The summed E-state index contributed by atoms with van der Waals surface area (Å²) in [4.78, 5) is 25.1. The second-order valence-electron chi connectivity index (χ2n) is 7.77. The van der Waals surface area contributed by atoms with E-state index in [1.165, 1.54) is 24.3 Å². The van der Waals surface area contributed by atoms with Crippen molar-refractivity contribution in [2.45, 2.75) is 29.4 Å². The monoisotopic (exact) mass is 544 g/mol. The lowest BCUT2D eigenvalue weighted by atomic mass is 10.1. The van der Waals surface area contributed by atoms with Crippen LogP contribution in [0.4, 0.5) is 13.2 Å². The van der Waals surface area contributed by atoms with Crippen LogP contribution in [0.1, 0.15) is 27.2 Å². The molecule has 0 saturated carbocycles. The van der Waals surface area contributed by atoms with E-state index in [1.54, 1.807) is 0 Å². The van der Waals surface area contributed by atoms with Gasteiger partial charge >= 0.3 is 6.18 Å². The maximum Gasteiger partial charge on any atom is 0.416 e. The highest BCUT2D eigenvalue weighted by Gasteiger charge is 2.31. The SMILES string of the molecule is Cc1c(S(=O)(=O)O)cc(C(=O)NCc2ccc(S(C)(=O)=O)cc2)c(=O)n1-c1cccc(C(F)(F)F)c1. The van der Waals surface area contributed by atoms with E-state index in [1.807, 2.05) is 0 Å². The average molecular weight is 545 g/mol. The Kier molecular flexibility index (Phi) is 7.17. The van der Waals surface area contributed by atoms with Gasteiger partial charge in [0.05, 0.1) is 10.5 Å². The predicted molar refractivity (Wildman–Crippen MR) is 122 cm³/mol. The summed E-state index contributed by atoms with van der Waals surface area (Å²) < 4.78 is 96.7. The van der Waals surface area contributed by atoms with E-state index >= 15 is 0 Å². The molecule has 14 heteroatoms. The number of rotatable bonds is 6. The number of halogens is 3. The summed E-state index contributed by atoms with van der Waals surface area (Å²) >= 11 is 0. The molecule has 1 heterocycles. The van der Waals surface area contributed by atoms with Crippen LogP contribution >= 0.6 is 0 Å². The largest absolute Gasteiger partial charge is 0.416 e. The van der Waals surface area contributed by atoms with E-state index < -0.39 is 59.3 Å². The molecule has 0 aliphatic carbocycles. The predicted octanol–water partition coefficient (Wildman–Crippen LogP) is 2.74. The van der Waals surface area contributed by atoms with Gasteiger partial charge in [-0.25, -0.2) is 8.42 Å². The number of carbonyl (C=O) groups excluding carboxylic acids is 1. The highest BCUT2D eigenvalue weighted by Crippen LogP contribution is 2.30. The van der Waals surface area contributed by atoms with Gasteiger partial charge in [0.15, 0.2) is 9.84 Å². The fourth-order valence-electron chi connectivity index (χ4n) is 3.37. The molecule has 0 bridgehead atoms. The Morgan fingerprint density at radius 3 is 2.17 bits per heavy atom. The van der Waals surface area contributed by atoms with Crippen molar-refractivity contribution in [3.8, 4) is 5.69 Å². The Labute approximate surface area is 203 Å². The second kappa shape index (κ2) is 9.52. The Bertz CT molecular complexity index is 1610. The third kappa shape index (κ3) is 5.83. The Morgan fingerprint density at radius 2 is 1.64 bits per heavy atom. The smallest absolute Gasteiger partial charge is 0.348 e. The van der Waals surface area contributed by atoms with Crippen LogP contribution in [0.25, 0.3) is 5.69 Å². The van der Waals surface area contributed by atoms with Crippen molar-refractivity contribution >= 4 is 25.9 Å². The van der Waals surface area contributed by atoms with E-state index in [2.05, 4.69) is 5.32 Å². The molecule has 36 heavy (non-hydrogen) atoms. The molecular weight excluding hydrogens is 525 g/mol. The fraction of sp³-hybridized carbons (Fsp3) is 0.182. The van der Waals surface area contributed by atoms with Crippen molar-refractivity contribution in [3.63, 3.8) is 0 Å². The standard InChI is InChI=1S/C22H19F3N2O7S2/c1-13-19(36(32,33)34)11-18(20(28)26-12-14-6-8-17(9-7-14)35(2,30)31)21(29)27(13)16-5-3-4-15(10-16)22(23,24)25/h3-11H,12H2,1-2H3,(H,26,28)(H,32,33,34).